The van der Waals surface area contributed by atoms with Crippen LogP contribution in [0.25, 0.3) is 16.7 Å². The van der Waals surface area contributed by atoms with Gasteiger partial charge in [-0.3, -0.25) is 0 Å². The minimum absolute atomic E-state index is 0.650. The summed E-state index contributed by atoms with van der Waals surface area (Å²) in [6.07, 6.45) is 13.2. The molecule has 0 saturated carbocycles. The van der Waals surface area contributed by atoms with Crippen molar-refractivity contribution in [2.75, 3.05) is 0 Å². The Hall–Kier alpha value is -2.52. The molecule has 0 saturated heterocycles. The molecule has 0 spiro atoms. The molecule has 0 radical (unpaired) electrons. The van der Waals surface area contributed by atoms with Crippen molar-refractivity contribution in [3.63, 3.8) is 0 Å². The van der Waals surface area contributed by atoms with E-state index in [1.54, 1.807) is 0 Å². The zero-order valence-corrected chi connectivity index (χ0v) is 18.9. The van der Waals surface area contributed by atoms with E-state index in [1.165, 1.54) is 45.4 Å². The van der Waals surface area contributed by atoms with Gasteiger partial charge in [-0.15, -0.1) is 6.42 Å². The lowest BCUT2D eigenvalue weighted by atomic mass is 9.83. The van der Waals surface area contributed by atoms with Crippen LogP contribution < -0.4 is 0 Å². The van der Waals surface area contributed by atoms with Crippen molar-refractivity contribution in [3.05, 3.63) is 76.9 Å². The third-order valence-electron chi connectivity index (χ3n) is 5.93. The minimum Gasteiger partial charge on any atom is -0.115 e. The standard InChI is InChI=1S/C29H36/c1-8-14-22(7)27(12-5)29-26(19-21(6)9-2)15-13-16-28(29)25-18-17-23(10-3)24(11-4)20-25/h3,12-13,15-18,20-21H,5,8-9,11,14,19H2,1-2,4,6-7H3/b27-22+. The Kier molecular flexibility index (Phi) is 8.53. The Bertz CT molecular complexity index is 918. The van der Waals surface area contributed by atoms with E-state index in [-0.39, 0.29) is 0 Å². The van der Waals surface area contributed by atoms with Gasteiger partial charge in [0.1, 0.15) is 0 Å². The molecule has 0 aliphatic rings. The van der Waals surface area contributed by atoms with Crippen molar-refractivity contribution in [1.29, 1.82) is 0 Å². The third kappa shape index (κ3) is 5.30. The molecule has 0 aromatic heterocycles. The number of terminal acetylenes is 1. The Morgan fingerprint density at radius 2 is 1.90 bits per heavy atom. The lowest BCUT2D eigenvalue weighted by Gasteiger charge is -2.21. The van der Waals surface area contributed by atoms with Gasteiger partial charge in [0.25, 0.3) is 0 Å². The first kappa shape index (κ1) is 22.8. The maximum atomic E-state index is 5.71. The molecule has 0 heterocycles. The van der Waals surface area contributed by atoms with Crippen molar-refractivity contribution >= 4 is 5.57 Å². The highest BCUT2D eigenvalue weighted by Crippen LogP contribution is 2.37. The molecule has 0 fully saturated rings. The highest BCUT2D eigenvalue weighted by atomic mass is 14.2. The molecule has 2 aromatic carbocycles. The molecule has 0 amide bonds. The van der Waals surface area contributed by atoms with Gasteiger partial charge in [0.05, 0.1) is 0 Å². The summed E-state index contributed by atoms with van der Waals surface area (Å²) in [5, 5.41) is 0. The number of hydrogen-bond acceptors (Lipinski definition) is 0. The van der Waals surface area contributed by atoms with Crippen molar-refractivity contribution in [1.82, 2.24) is 0 Å². The average molecular weight is 385 g/mol. The zero-order chi connectivity index (χ0) is 21.4. The van der Waals surface area contributed by atoms with Crippen molar-refractivity contribution in [3.8, 4) is 23.5 Å². The normalized spacial score (nSPS) is 12.8. The van der Waals surface area contributed by atoms with Crippen LogP contribution in [0, 0.1) is 18.3 Å². The molecular formula is C29H36. The summed E-state index contributed by atoms with van der Waals surface area (Å²) in [6.45, 7) is 15.5. The maximum Gasteiger partial charge on any atom is 0.0274 e. The Morgan fingerprint density at radius 1 is 1.14 bits per heavy atom. The Morgan fingerprint density at radius 3 is 2.48 bits per heavy atom. The lowest BCUT2D eigenvalue weighted by Crippen LogP contribution is -2.04. The van der Waals surface area contributed by atoms with Gasteiger partial charge in [-0.2, -0.15) is 0 Å². The first-order valence-corrected chi connectivity index (χ1v) is 11.0. The van der Waals surface area contributed by atoms with Gasteiger partial charge in [0.2, 0.25) is 0 Å². The number of allylic oxidation sites excluding steroid dienone is 3. The predicted molar refractivity (Wildman–Crippen MR) is 130 cm³/mol. The Balaban J connectivity index is 2.79. The van der Waals surface area contributed by atoms with E-state index < -0.39 is 0 Å². The van der Waals surface area contributed by atoms with Crippen LogP contribution in [0.2, 0.25) is 0 Å². The van der Waals surface area contributed by atoms with E-state index in [0.29, 0.717) is 5.92 Å². The second-order valence-electron chi connectivity index (χ2n) is 8.08. The van der Waals surface area contributed by atoms with Gasteiger partial charge < -0.3 is 0 Å². The summed E-state index contributed by atoms with van der Waals surface area (Å²) in [6, 6.07) is 13.3. The number of hydrogen-bond donors (Lipinski definition) is 0. The van der Waals surface area contributed by atoms with Crippen LogP contribution in [0.3, 0.4) is 0 Å². The summed E-state index contributed by atoms with van der Waals surface area (Å²) in [5.74, 6) is 3.48. The van der Waals surface area contributed by atoms with E-state index in [4.69, 9.17) is 6.42 Å². The highest BCUT2D eigenvalue weighted by molar-refractivity contribution is 5.88. The van der Waals surface area contributed by atoms with Crippen LogP contribution >= 0.6 is 0 Å². The highest BCUT2D eigenvalue weighted by Gasteiger charge is 2.17. The fourth-order valence-electron chi connectivity index (χ4n) is 4.04. The predicted octanol–water partition coefficient (Wildman–Crippen LogP) is 8.25. The van der Waals surface area contributed by atoms with Gasteiger partial charge in [0.15, 0.2) is 0 Å². The van der Waals surface area contributed by atoms with Gasteiger partial charge in [-0.1, -0.05) is 89.0 Å². The SMILES string of the molecule is C#Cc1ccc(-c2cccc(CC(C)CC)c2/C(C=C)=C(\C)CCC)cc1CC. The summed E-state index contributed by atoms with van der Waals surface area (Å²) in [7, 11) is 0. The van der Waals surface area contributed by atoms with E-state index in [9.17, 15) is 0 Å². The lowest BCUT2D eigenvalue weighted by molar-refractivity contribution is 0.560. The Labute approximate surface area is 178 Å². The van der Waals surface area contributed by atoms with Crippen LogP contribution in [0.5, 0.6) is 0 Å². The first-order valence-electron chi connectivity index (χ1n) is 11.0. The summed E-state index contributed by atoms with van der Waals surface area (Å²) in [5.41, 5.74) is 10.2. The van der Waals surface area contributed by atoms with Gasteiger partial charge >= 0.3 is 0 Å². The van der Waals surface area contributed by atoms with Crippen molar-refractivity contribution in [2.45, 2.75) is 66.7 Å². The van der Waals surface area contributed by atoms with E-state index in [2.05, 4.69) is 89.6 Å². The number of aryl methyl sites for hydroxylation is 1. The molecule has 1 atom stereocenters. The zero-order valence-electron chi connectivity index (χ0n) is 18.9. The molecule has 2 rings (SSSR count). The molecule has 2 aromatic rings. The second kappa shape index (κ2) is 10.9. The topological polar surface area (TPSA) is 0 Å². The summed E-state index contributed by atoms with van der Waals surface area (Å²) in [4.78, 5) is 0. The minimum atomic E-state index is 0.650. The third-order valence-corrected chi connectivity index (χ3v) is 5.93. The van der Waals surface area contributed by atoms with E-state index in [0.717, 1.165) is 31.2 Å². The molecule has 1 unspecified atom stereocenters. The van der Waals surface area contributed by atoms with Crippen LogP contribution in [0.15, 0.2) is 54.6 Å². The molecule has 0 aliphatic heterocycles. The van der Waals surface area contributed by atoms with E-state index >= 15 is 0 Å². The van der Waals surface area contributed by atoms with E-state index in [1.807, 2.05) is 0 Å². The molecule has 0 bridgehead atoms. The number of benzene rings is 2. The quantitative estimate of drug-likeness (QED) is 0.301. The monoisotopic (exact) mass is 384 g/mol. The van der Waals surface area contributed by atoms with Gasteiger partial charge in [-0.05, 0) is 77.6 Å². The maximum absolute atomic E-state index is 5.71. The summed E-state index contributed by atoms with van der Waals surface area (Å²) >= 11 is 0. The smallest absolute Gasteiger partial charge is 0.0274 e. The van der Waals surface area contributed by atoms with Crippen LogP contribution in [0.1, 0.15) is 76.1 Å². The van der Waals surface area contributed by atoms with Crippen LogP contribution in [-0.2, 0) is 12.8 Å². The van der Waals surface area contributed by atoms with Crippen molar-refractivity contribution in [2.24, 2.45) is 5.92 Å². The first-order chi connectivity index (χ1) is 14.0. The molecule has 0 N–H and O–H groups in total. The number of rotatable bonds is 9. The van der Waals surface area contributed by atoms with Crippen LogP contribution in [0.4, 0.5) is 0 Å². The summed E-state index contributed by atoms with van der Waals surface area (Å²) < 4.78 is 0. The van der Waals surface area contributed by atoms with Crippen LogP contribution in [-0.4, -0.2) is 0 Å². The van der Waals surface area contributed by atoms with Gasteiger partial charge in [0, 0.05) is 5.56 Å². The molecule has 0 nitrogen and oxygen atoms in total. The molecule has 152 valence electrons. The average Bonchev–Trinajstić information content (AvgIpc) is 2.74. The fraction of sp³-hybridized carbons (Fsp3) is 0.379. The molecule has 0 aliphatic carbocycles. The molecule has 0 heteroatoms. The fourth-order valence-corrected chi connectivity index (χ4v) is 4.04. The van der Waals surface area contributed by atoms with Crippen molar-refractivity contribution < 1.29 is 0 Å². The second-order valence-corrected chi connectivity index (χ2v) is 8.08. The molecular weight excluding hydrogens is 348 g/mol. The van der Waals surface area contributed by atoms with Gasteiger partial charge in [-0.25, -0.2) is 0 Å². The largest absolute Gasteiger partial charge is 0.115 e. The molecule has 29 heavy (non-hydrogen) atoms.